The summed E-state index contributed by atoms with van der Waals surface area (Å²) in [5, 5.41) is 11.3. The Morgan fingerprint density at radius 2 is 1.72 bits per heavy atom. The minimum Gasteiger partial charge on any atom is -0.489 e. The Morgan fingerprint density at radius 1 is 0.969 bits per heavy atom. The van der Waals surface area contributed by atoms with Crippen molar-refractivity contribution in [2.45, 2.75) is 39.2 Å². The van der Waals surface area contributed by atoms with Crippen molar-refractivity contribution in [2.75, 3.05) is 6.54 Å². The molecule has 0 saturated heterocycles. The number of amides is 1. The zero-order valence-electron chi connectivity index (χ0n) is 18.7. The second-order valence-corrected chi connectivity index (χ2v) is 8.81. The van der Waals surface area contributed by atoms with Gasteiger partial charge in [-0.1, -0.05) is 51.1 Å². The van der Waals surface area contributed by atoms with Crippen molar-refractivity contribution >= 4 is 11.6 Å². The lowest BCUT2D eigenvalue weighted by molar-refractivity contribution is 0.0954. The molecule has 2 aromatic heterocycles. The summed E-state index contributed by atoms with van der Waals surface area (Å²) in [5.74, 6) is 1.55. The van der Waals surface area contributed by atoms with Crippen molar-refractivity contribution in [3.8, 4) is 5.75 Å². The molecule has 4 aromatic rings. The molecule has 0 aliphatic carbocycles. The van der Waals surface area contributed by atoms with Crippen molar-refractivity contribution in [1.29, 1.82) is 0 Å². The SMILES string of the molecule is CC(C)(C)c1ccc(OCc2ccc(C(=O)NCCc3nnc4ccccn34)cc2)cc1. The van der Waals surface area contributed by atoms with E-state index < -0.39 is 0 Å². The van der Waals surface area contributed by atoms with Crippen LogP contribution in [0.3, 0.4) is 0 Å². The molecule has 0 aliphatic heterocycles. The largest absolute Gasteiger partial charge is 0.489 e. The number of ether oxygens (including phenoxy) is 1. The molecular weight excluding hydrogens is 400 g/mol. The normalized spacial score (nSPS) is 11.5. The first kappa shape index (κ1) is 21.6. The number of nitrogens with one attached hydrogen (secondary N) is 1. The van der Waals surface area contributed by atoms with Gasteiger partial charge >= 0.3 is 0 Å². The van der Waals surface area contributed by atoms with Gasteiger partial charge in [-0.05, 0) is 52.9 Å². The molecule has 0 aliphatic rings. The topological polar surface area (TPSA) is 68.5 Å². The van der Waals surface area contributed by atoms with Crippen molar-refractivity contribution in [3.05, 3.63) is 95.4 Å². The molecule has 0 fully saturated rings. The van der Waals surface area contributed by atoms with E-state index in [4.69, 9.17) is 4.74 Å². The van der Waals surface area contributed by atoms with Crippen LogP contribution in [0.4, 0.5) is 0 Å². The summed E-state index contributed by atoms with van der Waals surface area (Å²) < 4.78 is 7.81. The summed E-state index contributed by atoms with van der Waals surface area (Å²) in [6.07, 6.45) is 2.53. The molecule has 0 spiro atoms. The number of hydrogen-bond donors (Lipinski definition) is 1. The van der Waals surface area contributed by atoms with Gasteiger partial charge in [0.1, 0.15) is 18.2 Å². The predicted molar refractivity (Wildman–Crippen MR) is 125 cm³/mol. The molecule has 6 heteroatoms. The van der Waals surface area contributed by atoms with Crippen LogP contribution in [0.25, 0.3) is 5.65 Å². The molecule has 164 valence electrons. The lowest BCUT2D eigenvalue weighted by Gasteiger charge is -2.19. The van der Waals surface area contributed by atoms with Crippen LogP contribution in [-0.2, 0) is 18.4 Å². The van der Waals surface area contributed by atoms with Gasteiger partial charge in [-0.3, -0.25) is 9.20 Å². The number of benzene rings is 2. The first-order valence-corrected chi connectivity index (χ1v) is 10.8. The second-order valence-electron chi connectivity index (χ2n) is 8.81. The van der Waals surface area contributed by atoms with Crippen LogP contribution < -0.4 is 10.1 Å². The highest BCUT2D eigenvalue weighted by Gasteiger charge is 2.13. The molecule has 0 radical (unpaired) electrons. The molecule has 2 aromatic carbocycles. The fourth-order valence-electron chi connectivity index (χ4n) is 3.42. The molecule has 0 saturated carbocycles. The van der Waals surface area contributed by atoms with Gasteiger partial charge < -0.3 is 10.1 Å². The van der Waals surface area contributed by atoms with Crippen LogP contribution in [0.2, 0.25) is 0 Å². The lowest BCUT2D eigenvalue weighted by atomic mass is 9.87. The highest BCUT2D eigenvalue weighted by molar-refractivity contribution is 5.94. The molecule has 32 heavy (non-hydrogen) atoms. The van der Waals surface area contributed by atoms with Gasteiger partial charge in [0.2, 0.25) is 0 Å². The smallest absolute Gasteiger partial charge is 0.251 e. The van der Waals surface area contributed by atoms with Gasteiger partial charge in [0.25, 0.3) is 5.91 Å². The van der Waals surface area contributed by atoms with Crippen LogP contribution in [-0.4, -0.2) is 27.0 Å². The van der Waals surface area contributed by atoms with Crippen molar-refractivity contribution < 1.29 is 9.53 Å². The summed E-state index contributed by atoms with van der Waals surface area (Å²) in [6, 6.07) is 21.5. The fourth-order valence-corrected chi connectivity index (χ4v) is 3.42. The summed E-state index contributed by atoms with van der Waals surface area (Å²) in [6.45, 7) is 7.52. The maximum Gasteiger partial charge on any atom is 0.251 e. The Bertz CT molecular complexity index is 1190. The van der Waals surface area contributed by atoms with Gasteiger partial charge in [-0.2, -0.15) is 0 Å². The standard InChI is InChI=1S/C26H28N4O2/c1-26(2,3)21-11-13-22(14-12-21)32-18-19-7-9-20(10-8-19)25(31)27-16-15-24-29-28-23-6-4-5-17-30(23)24/h4-14,17H,15-16,18H2,1-3H3,(H,27,31). The Hall–Kier alpha value is -3.67. The van der Waals surface area contributed by atoms with Crippen LogP contribution in [0, 0.1) is 0 Å². The molecule has 1 N–H and O–H groups in total. The van der Waals surface area contributed by atoms with E-state index in [2.05, 4.69) is 48.4 Å². The molecule has 4 rings (SSSR count). The highest BCUT2D eigenvalue weighted by Crippen LogP contribution is 2.24. The van der Waals surface area contributed by atoms with Crippen LogP contribution in [0.1, 0.15) is 48.1 Å². The lowest BCUT2D eigenvalue weighted by Crippen LogP contribution is -2.26. The number of hydrogen-bond acceptors (Lipinski definition) is 4. The van der Waals surface area contributed by atoms with Crippen LogP contribution >= 0.6 is 0 Å². The zero-order chi connectivity index (χ0) is 22.6. The minimum absolute atomic E-state index is 0.107. The first-order chi connectivity index (χ1) is 15.4. The van der Waals surface area contributed by atoms with E-state index >= 15 is 0 Å². The molecular formula is C26H28N4O2. The van der Waals surface area contributed by atoms with Crippen LogP contribution in [0.15, 0.2) is 72.9 Å². The van der Waals surface area contributed by atoms with Crippen molar-refractivity contribution in [1.82, 2.24) is 19.9 Å². The summed E-state index contributed by atoms with van der Waals surface area (Å²) >= 11 is 0. The van der Waals surface area contributed by atoms with Crippen molar-refractivity contribution in [3.63, 3.8) is 0 Å². The third-order valence-corrected chi connectivity index (χ3v) is 5.36. The number of pyridine rings is 1. The molecule has 0 bridgehead atoms. The van der Waals surface area contributed by atoms with Gasteiger partial charge in [0, 0.05) is 24.7 Å². The Labute approximate surface area is 188 Å². The van der Waals surface area contributed by atoms with E-state index in [1.54, 1.807) is 0 Å². The Morgan fingerprint density at radius 3 is 2.44 bits per heavy atom. The van der Waals surface area contributed by atoms with E-state index in [0.717, 1.165) is 22.8 Å². The maximum absolute atomic E-state index is 12.5. The molecule has 2 heterocycles. The highest BCUT2D eigenvalue weighted by atomic mass is 16.5. The third kappa shape index (κ3) is 5.14. The molecule has 0 unspecified atom stereocenters. The van der Waals surface area contributed by atoms with Gasteiger partial charge in [-0.25, -0.2) is 0 Å². The minimum atomic E-state index is -0.107. The van der Waals surface area contributed by atoms with E-state index in [-0.39, 0.29) is 11.3 Å². The van der Waals surface area contributed by atoms with E-state index in [1.807, 2.05) is 65.2 Å². The summed E-state index contributed by atoms with van der Waals surface area (Å²) in [7, 11) is 0. The van der Waals surface area contributed by atoms with Crippen molar-refractivity contribution in [2.24, 2.45) is 0 Å². The van der Waals surface area contributed by atoms with E-state index in [0.29, 0.717) is 25.1 Å². The first-order valence-electron chi connectivity index (χ1n) is 10.8. The number of carbonyl (C=O) groups is 1. The average Bonchev–Trinajstić information content (AvgIpc) is 3.21. The van der Waals surface area contributed by atoms with Gasteiger partial charge in [-0.15, -0.1) is 10.2 Å². The fraction of sp³-hybridized carbons (Fsp3) is 0.269. The summed E-state index contributed by atoms with van der Waals surface area (Å²) in [4.78, 5) is 12.5. The Balaban J connectivity index is 1.27. The molecule has 0 atom stereocenters. The second kappa shape index (κ2) is 9.22. The number of rotatable bonds is 7. The number of aromatic nitrogens is 3. The monoisotopic (exact) mass is 428 g/mol. The maximum atomic E-state index is 12.5. The van der Waals surface area contributed by atoms with Gasteiger partial charge in [0.15, 0.2) is 5.65 Å². The molecule has 6 nitrogen and oxygen atoms in total. The number of carbonyl (C=O) groups excluding carboxylic acids is 1. The van der Waals surface area contributed by atoms with E-state index in [1.165, 1.54) is 5.56 Å². The summed E-state index contributed by atoms with van der Waals surface area (Å²) in [5.41, 5.74) is 3.83. The average molecular weight is 429 g/mol. The third-order valence-electron chi connectivity index (χ3n) is 5.36. The van der Waals surface area contributed by atoms with Crippen LogP contribution in [0.5, 0.6) is 5.75 Å². The number of nitrogens with zero attached hydrogens (tertiary/aromatic N) is 3. The van der Waals surface area contributed by atoms with E-state index in [9.17, 15) is 4.79 Å². The Kier molecular flexibility index (Phi) is 6.21. The quantitative estimate of drug-likeness (QED) is 0.468. The van der Waals surface area contributed by atoms with Gasteiger partial charge in [0.05, 0.1) is 0 Å². The molecule has 1 amide bonds. The zero-order valence-corrected chi connectivity index (χ0v) is 18.7. The predicted octanol–water partition coefficient (Wildman–Crippen LogP) is 4.58. The number of fused-ring (bicyclic) bond motifs is 1.